The number of nitrogens with one attached hydrogen (secondary N) is 1. The average Bonchev–Trinajstić information content (AvgIpc) is 2.78. The first-order chi connectivity index (χ1) is 8.85. The molecule has 1 N–H and O–H groups in total. The van der Waals surface area contributed by atoms with Gasteiger partial charge < -0.3 is 10.1 Å². The van der Waals surface area contributed by atoms with Crippen molar-refractivity contribution in [2.75, 3.05) is 24.6 Å². The van der Waals surface area contributed by atoms with E-state index in [9.17, 15) is 0 Å². The van der Waals surface area contributed by atoms with Gasteiger partial charge in [0.25, 0.3) is 0 Å². The summed E-state index contributed by atoms with van der Waals surface area (Å²) in [5.74, 6) is 2.53. The Morgan fingerprint density at radius 3 is 2.83 bits per heavy atom. The van der Waals surface area contributed by atoms with E-state index in [2.05, 4.69) is 12.2 Å². The van der Waals surface area contributed by atoms with Gasteiger partial charge in [-0.15, -0.1) is 0 Å². The van der Waals surface area contributed by atoms with Gasteiger partial charge >= 0.3 is 0 Å². The van der Waals surface area contributed by atoms with Gasteiger partial charge in [0.15, 0.2) is 0 Å². The van der Waals surface area contributed by atoms with Gasteiger partial charge in [-0.1, -0.05) is 26.2 Å². The molecule has 0 amide bonds. The molecule has 2 aliphatic rings. The smallest absolute Gasteiger partial charge is 0.0708 e. The Bertz CT molecular complexity index is 229. The van der Waals surface area contributed by atoms with Crippen molar-refractivity contribution in [3.8, 4) is 0 Å². The van der Waals surface area contributed by atoms with Gasteiger partial charge in [-0.05, 0) is 50.2 Å². The first-order valence-electron chi connectivity index (χ1n) is 7.81. The molecule has 0 bridgehead atoms. The molecule has 3 heteroatoms. The third-order valence-electron chi connectivity index (χ3n) is 4.32. The van der Waals surface area contributed by atoms with Gasteiger partial charge in [0.1, 0.15) is 0 Å². The van der Waals surface area contributed by atoms with E-state index >= 15 is 0 Å². The standard InChI is InChI=1S/C15H29NOS/c1-2-18-12-6-11-16-13-14-7-10-15(17-14)8-4-3-5-9-15/h14,16H,2-13H2,1H3. The fraction of sp³-hybridized carbons (Fsp3) is 1.00. The van der Waals surface area contributed by atoms with Gasteiger partial charge in [0.05, 0.1) is 11.7 Å². The maximum atomic E-state index is 6.35. The van der Waals surface area contributed by atoms with Crippen LogP contribution >= 0.6 is 11.8 Å². The van der Waals surface area contributed by atoms with Crippen LogP contribution in [-0.2, 0) is 4.74 Å². The van der Waals surface area contributed by atoms with Crippen LogP contribution in [0, 0.1) is 0 Å². The van der Waals surface area contributed by atoms with Gasteiger partial charge in [0, 0.05) is 6.54 Å². The Balaban J connectivity index is 1.55. The van der Waals surface area contributed by atoms with Crippen molar-refractivity contribution >= 4 is 11.8 Å². The molecule has 1 heterocycles. The second-order valence-corrected chi connectivity index (χ2v) is 7.17. The zero-order chi connectivity index (χ0) is 12.7. The molecule has 2 rings (SSSR count). The van der Waals surface area contributed by atoms with Crippen molar-refractivity contribution in [1.29, 1.82) is 0 Å². The molecule has 1 unspecified atom stereocenters. The molecule has 1 saturated carbocycles. The van der Waals surface area contributed by atoms with E-state index < -0.39 is 0 Å². The molecular formula is C15H29NOS. The second kappa shape index (κ2) is 7.76. The van der Waals surface area contributed by atoms with Gasteiger partial charge in [-0.3, -0.25) is 0 Å². The molecular weight excluding hydrogens is 242 g/mol. The SMILES string of the molecule is CCSCCCNCC1CCC2(CCCCC2)O1. The molecule has 2 nitrogen and oxygen atoms in total. The van der Waals surface area contributed by atoms with Crippen molar-refractivity contribution in [3.05, 3.63) is 0 Å². The summed E-state index contributed by atoms with van der Waals surface area (Å²) >= 11 is 2.04. The van der Waals surface area contributed by atoms with Crippen LogP contribution < -0.4 is 5.32 Å². The van der Waals surface area contributed by atoms with Crippen LogP contribution in [0.5, 0.6) is 0 Å². The lowest BCUT2D eigenvalue weighted by Crippen LogP contribution is -2.34. The van der Waals surface area contributed by atoms with Crippen molar-refractivity contribution in [2.45, 2.75) is 70.0 Å². The summed E-state index contributed by atoms with van der Waals surface area (Å²) in [4.78, 5) is 0. The summed E-state index contributed by atoms with van der Waals surface area (Å²) in [7, 11) is 0. The minimum atomic E-state index is 0.294. The fourth-order valence-corrected chi connectivity index (χ4v) is 3.95. The monoisotopic (exact) mass is 271 g/mol. The predicted molar refractivity (Wildman–Crippen MR) is 80.4 cm³/mol. The molecule has 1 aliphatic heterocycles. The largest absolute Gasteiger partial charge is 0.370 e. The number of thioether (sulfide) groups is 1. The summed E-state index contributed by atoms with van der Waals surface area (Å²) in [6, 6.07) is 0. The van der Waals surface area contributed by atoms with E-state index in [0.29, 0.717) is 11.7 Å². The minimum absolute atomic E-state index is 0.294. The lowest BCUT2D eigenvalue weighted by molar-refractivity contribution is -0.0622. The number of hydrogen-bond donors (Lipinski definition) is 1. The Labute approximate surface area is 117 Å². The average molecular weight is 271 g/mol. The highest BCUT2D eigenvalue weighted by molar-refractivity contribution is 7.99. The van der Waals surface area contributed by atoms with Crippen molar-refractivity contribution in [3.63, 3.8) is 0 Å². The zero-order valence-electron chi connectivity index (χ0n) is 11.9. The quantitative estimate of drug-likeness (QED) is 0.715. The van der Waals surface area contributed by atoms with Crippen LogP contribution in [0.25, 0.3) is 0 Å². The van der Waals surface area contributed by atoms with Crippen molar-refractivity contribution in [2.24, 2.45) is 0 Å². The van der Waals surface area contributed by atoms with Crippen LogP contribution in [0.15, 0.2) is 0 Å². The zero-order valence-corrected chi connectivity index (χ0v) is 12.7. The summed E-state index contributed by atoms with van der Waals surface area (Å²) in [5.41, 5.74) is 0.294. The first kappa shape index (κ1) is 14.7. The molecule has 18 heavy (non-hydrogen) atoms. The molecule has 0 aromatic carbocycles. The van der Waals surface area contributed by atoms with Crippen LogP contribution in [0.4, 0.5) is 0 Å². The predicted octanol–water partition coefficient (Wildman–Crippen LogP) is 3.60. The number of hydrogen-bond acceptors (Lipinski definition) is 3. The van der Waals surface area contributed by atoms with E-state index in [-0.39, 0.29) is 0 Å². The lowest BCUT2D eigenvalue weighted by atomic mass is 9.83. The van der Waals surface area contributed by atoms with Gasteiger partial charge in [-0.25, -0.2) is 0 Å². The molecule has 1 aliphatic carbocycles. The summed E-state index contributed by atoms with van der Waals surface area (Å²) < 4.78 is 6.35. The normalized spacial score (nSPS) is 26.8. The molecule has 2 fully saturated rings. The highest BCUT2D eigenvalue weighted by Crippen LogP contribution is 2.41. The Morgan fingerprint density at radius 1 is 1.22 bits per heavy atom. The van der Waals surface area contributed by atoms with Gasteiger partial charge in [-0.2, -0.15) is 11.8 Å². The Morgan fingerprint density at radius 2 is 2.06 bits per heavy atom. The van der Waals surface area contributed by atoms with E-state index in [1.807, 2.05) is 11.8 Å². The Hall–Kier alpha value is 0.270. The maximum Gasteiger partial charge on any atom is 0.0708 e. The highest BCUT2D eigenvalue weighted by Gasteiger charge is 2.40. The summed E-state index contributed by atoms with van der Waals surface area (Å²) in [6.07, 6.45) is 11.2. The molecule has 1 spiro atoms. The molecule has 1 saturated heterocycles. The highest BCUT2D eigenvalue weighted by atomic mass is 32.2. The maximum absolute atomic E-state index is 6.35. The molecule has 0 aromatic rings. The number of ether oxygens (including phenoxy) is 1. The molecule has 1 atom stereocenters. The molecule has 0 radical (unpaired) electrons. The summed E-state index contributed by atoms with van der Waals surface area (Å²) in [6.45, 7) is 4.45. The second-order valence-electron chi connectivity index (χ2n) is 5.78. The van der Waals surface area contributed by atoms with E-state index in [4.69, 9.17) is 4.74 Å². The molecule has 106 valence electrons. The first-order valence-corrected chi connectivity index (χ1v) is 8.96. The number of rotatable bonds is 7. The third-order valence-corrected chi connectivity index (χ3v) is 5.31. The lowest BCUT2D eigenvalue weighted by Gasteiger charge is -2.33. The third kappa shape index (κ3) is 4.43. The van der Waals surface area contributed by atoms with E-state index in [1.54, 1.807) is 0 Å². The fourth-order valence-electron chi connectivity index (χ4n) is 3.31. The minimum Gasteiger partial charge on any atom is -0.370 e. The van der Waals surface area contributed by atoms with Crippen molar-refractivity contribution < 1.29 is 4.74 Å². The summed E-state index contributed by atoms with van der Waals surface area (Å²) in [5, 5.41) is 3.57. The van der Waals surface area contributed by atoms with E-state index in [0.717, 1.165) is 13.1 Å². The van der Waals surface area contributed by atoms with Crippen LogP contribution in [-0.4, -0.2) is 36.3 Å². The van der Waals surface area contributed by atoms with Crippen molar-refractivity contribution in [1.82, 2.24) is 5.32 Å². The topological polar surface area (TPSA) is 21.3 Å². The van der Waals surface area contributed by atoms with Crippen LogP contribution in [0.1, 0.15) is 58.3 Å². The van der Waals surface area contributed by atoms with Crippen LogP contribution in [0.2, 0.25) is 0 Å². The van der Waals surface area contributed by atoms with Crippen LogP contribution in [0.3, 0.4) is 0 Å². The van der Waals surface area contributed by atoms with Gasteiger partial charge in [0.2, 0.25) is 0 Å². The van der Waals surface area contributed by atoms with E-state index in [1.165, 1.54) is 62.9 Å². The molecule has 0 aromatic heterocycles. The Kier molecular flexibility index (Phi) is 6.33.